The number of fused-ring (bicyclic) bond motifs is 1. The van der Waals surface area contributed by atoms with Crippen LogP contribution in [0.1, 0.15) is 35.1 Å². The largest absolute Gasteiger partial charge is 0.325 e. The Morgan fingerprint density at radius 3 is 2.42 bits per heavy atom. The summed E-state index contributed by atoms with van der Waals surface area (Å²) in [7, 11) is -3.71. The molecule has 6 heteroatoms. The molecule has 0 spiro atoms. The molecule has 2 aromatic rings. The van der Waals surface area contributed by atoms with Crippen LogP contribution in [-0.2, 0) is 27.7 Å². The highest BCUT2D eigenvalue weighted by molar-refractivity contribution is 7.89. The molecule has 0 heterocycles. The van der Waals surface area contributed by atoms with Gasteiger partial charge in [0.05, 0.1) is 11.4 Å². The van der Waals surface area contributed by atoms with Gasteiger partial charge in [0.1, 0.15) is 0 Å². The molecule has 0 radical (unpaired) electrons. The number of carbonyl (C=O) groups excluding carboxylic acids is 1. The smallest absolute Gasteiger partial charge is 0.241 e. The van der Waals surface area contributed by atoms with Crippen LogP contribution in [0.15, 0.2) is 41.3 Å². The molecule has 0 unspecified atom stereocenters. The molecule has 26 heavy (non-hydrogen) atoms. The summed E-state index contributed by atoms with van der Waals surface area (Å²) < 4.78 is 27.4. The summed E-state index contributed by atoms with van der Waals surface area (Å²) in [6, 6.07) is 10.8. The second-order valence-corrected chi connectivity index (χ2v) is 8.58. The Kier molecular flexibility index (Phi) is 5.44. The van der Waals surface area contributed by atoms with Crippen LogP contribution in [0, 0.1) is 13.8 Å². The highest BCUT2D eigenvalue weighted by Crippen LogP contribution is 2.24. The summed E-state index contributed by atoms with van der Waals surface area (Å²) in [5.74, 6) is -0.394. The van der Waals surface area contributed by atoms with Crippen molar-refractivity contribution in [3.05, 3.63) is 58.7 Å². The lowest BCUT2D eigenvalue weighted by molar-refractivity contribution is -0.115. The van der Waals surface area contributed by atoms with E-state index in [-0.39, 0.29) is 11.4 Å². The molecule has 2 aromatic carbocycles. The van der Waals surface area contributed by atoms with Crippen LogP contribution in [0.4, 0.5) is 5.69 Å². The third-order valence-corrected chi connectivity index (χ3v) is 6.24. The van der Waals surface area contributed by atoms with Gasteiger partial charge in [-0.25, -0.2) is 13.1 Å². The van der Waals surface area contributed by atoms with Crippen LogP contribution < -0.4 is 10.0 Å². The zero-order valence-corrected chi connectivity index (χ0v) is 15.9. The van der Waals surface area contributed by atoms with E-state index in [1.807, 2.05) is 32.0 Å². The van der Waals surface area contributed by atoms with E-state index in [2.05, 4.69) is 10.0 Å². The monoisotopic (exact) mass is 372 g/mol. The van der Waals surface area contributed by atoms with Crippen LogP contribution in [0.3, 0.4) is 0 Å². The molecule has 0 aromatic heterocycles. The van der Waals surface area contributed by atoms with E-state index in [4.69, 9.17) is 0 Å². The van der Waals surface area contributed by atoms with Gasteiger partial charge in [0.2, 0.25) is 15.9 Å². The van der Waals surface area contributed by atoms with Gasteiger partial charge in [-0.15, -0.1) is 0 Å². The topological polar surface area (TPSA) is 75.3 Å². The summed E-state index contributed by atoms with van der Waals surface area (Å²) in [6.07, 6.45) is 4.14. The van der Waals surface area contributed by atoms with Gasteiger partial charge in [0.25, 0.3) is 0 Å². The molecule has 1 aliphatic rings. The Bertz CT molecular complexity index is 936. The van der Waals surface area contributed by atoms with Crippen molar-refractivity contribution in [3.8, 4) is 0 Å². The maximum absolute atomic E-state index is 12.5. The van der Waals surface area contributed by atoms with Crippen molar-refractivity contribution in [3.63, 3.8) is 0 Å². The van der Waals surface area contributed by atoms with Gasteiger partial charge in [-0.1, -0.05) is 12.1 Å². The summed E-state index contributed by atoms with van der Waals surface area (Å²) in [5, 5.41) is 2.72. The fraction of sp³-hybridized carbons (Fsp3) is 0.350. The molecule has 1 aliphatic carbocycles. The lowest BCUT2D eigenvalue weighted by Crippen LogP contribution is -2.33. The summed E-state index contributed by atoms with van der Waals surface area (Å²) in [5.41, 5.74) is 5.18. The molecule has 138 valence electrons. The van der Waals surface area contributed by atoms with Crippen molar-refractivity contribution in [2.45, 2.75) is 44.4 Å². The predicted molar refractivity (Wildman–Crippen MR) is 103 cm³/mol. The summed E-state index contributed by atoms with van der Waals surface area (Å²) in [6.45, 7) is 3.66. The first kappa shape index (κ1) is 18.6. The van der Waals surface area contributed by atoms with Crippen LogP contribution in [0.5, 0.6) is 0 Å². The zero-order chi connectivity index (χ0) is 18.7. The SMILES string of the molecule is Cc1ccc(NC(=O)CNS(=O)(=O)c2ccc3c(c2)CCCC3)cc1C. The second kappa shape index (κ2) is 7.60. The number of aryl methyl sites for hydroxylation is 4. The van der Waals surface area contributed by atoms with E-state index in [9.17, 15) is 13.2 Å². The standard InChI is InChI=1S/C20H24N2O3S/c1-14-7-9-18(11-15(14)2)22-20(23)13-21-26(24,25)19-10-8-16-5-3-4-6-17(16)12-19/h7-12,21H,3-6,13H2,1-2H3,(H,22,23). The van der Waals surface area contributed by atoms with Crippen LogP contribution in [0.25, 0.3) is 0 Å². The van der Waals surface area contributed by atoms with Crippen molar-refractivity contribution in [2.24, 2.45) is 0 Å². The minimum absolute atomic E-state index is 0.220. The average molecular weight is 372 g/mol. The second-order valence-electron chi connectivity index (χ2n) is 6.81. The van der Waals surface area contributed by atoms with E-state index in [1.54, 1.807) is 18.2 Å². The van der Waals surface area contributed by atoms with Gasteiger partial charge >= 0.3 is 0 Å². The Labute approximate surface area is 154 Å². The number of rotatable bonds is 5. The zero-order valence-electron chi connectivity index (χ0n) is 15.1. The Hall–Kier alpha value is -2.18. The van der Waals surface area contributed by atoms with Gasteiger partial charge in [-0.2, -0.15) is 0 Å². The summed E-state index contributed by atoms with van der Waals surface area (Å²) in [4.78, 5) is 12.3. The Morgan fingerprint density at radius 2 is 1.69 bits per heavy atom. The molecule has 0 fully saturated rings. The molecule has 0 bridgehead atoms. The third-order valence-electron chi connectivity index (χ3n) is 4.84. The Balaban J connectivity index is 1.64. The van der Waals surface area contributed by atoms with E-state index >= 15 is 0 Å². The normalized spacial score (nSPS) is 13.9. The average Bonchev–Trinajstić information content (AvgIpc) is 2.63. The van der Waals surface area contributed by atoms with Gasteiger partial charge in [-0.3, -0.25) is 4.79 Å². The fourth-order valence-electron chi connectivity index (χ4n) is 3.15. The lowest BCUT2D eigenvalue weighted by atomic mass is 9.92. The first-order valence-corrected chi connectivity index (χ1v) is 10.3. The van der Waals surface area contributed by atoms with E-state index in [1.165, 1.54) is 5.56 Å². The molecule has 5 nitrogen and oxygen atoms in total. The van der Waals surface area contributed by atoms with E-state index < -0.39 is 15.9 Å². The molecule has 0 atom stereocenters. The number of benzene rings is 2. The first-order valence-electron chi connectivity index (χ1n) is 8.84. The van der Waals surface area contributed by atoms with Crippen molar-refractivity contribution in [1.29, 1.82) is 0 Å². The molecule has 2 N–H and O–H groups in total. The number of anilines is 1. The van der Waals surface area contributed by atoms with Crippen LogP contribution >= 0.6 is 0 Å². The van der Waals surface area contributed by atoms with Gasteiger partial charge in [0.15, 0.2) is 0 Å². The number of amides is 1. The number of nitrogens with one attached hydrogen (secondary N) is 2. The highest BCUT2D eigenvalue weighted by atomic mass is 32.2. The van der Waals surface area contributed by atoms with Gasteiger partial charge in [-0.05, 0) is 86.1 Å². The van der Waals surface area contributed by atoms with E-state index in [0.717, 1.165) is 42.4 Å². The van der Waals surface area contributed by atoms with Crippen LogP contribution in [-0.4, -0.2) is 20.9 Å². The number of carbonyl (C=O) groups is 1. The Morgan fingerprint density at radius 1 is 0.962 bits per heavy atom. The van der Waals surface area contributed by atoms with Gasteiger partial charge in [0, 0.05) is 5.69 Å². The lowest BCUT2D eigenvalue weighted by Gasteiger charge is -2.16. The minimum atomic E-state index is -3.71. The number of sulfonamides is 1. The maximum Gasteiger partial charge on any atom is 0.241 e. The van der Waals surface area contributed by atoms with Gasteiger partial charge < -0.3 is 5.32 Å². The minimum Gasteiger partial charge on any atom is -0.325 e. The molecule has 0 aliphatic heterocycles. The van der Waals surface area contributed by atoms with Crippen molar-refractivity contribution >= 4 is 21.6 Å². The maximum atomic E-state index is 12.5. The summed E-state index contributed by atoms with van der Waals surface area (Å²) >= 11 is 0. The molecule has 3 rings (SSSR count). The molecule has 0 saturated heterocycles. The van der Waals surface area contributed by atoms with Crippen molar-refractivity contribution < 1.29 is 13.2 Å². The molecular formula is C20H24N2O3S. The molecule has 0 saturated carbocycles. The quantitative estimate of drug-likeness (QED) is 0.847. The van der Waals surface area contributed by atoms with Crippen LogP contribution in [0.2, 0.25) is 0 Å². The van der Waals surface area contributed by atoms with Crippen molar-refractivity contribution in [1.82, 2.24) is 4.72 Å². The first-order chi connectivity index (χ1) is 12.3. The fourth-order valence-corrected chi connectivity index (χ4v) is 4.18. The molecular weight excluding hydrogens is 348 g/mol. The third kappa shape index (κ3) is 4.31. The molecule has 1 amide bonds. The highest BCUT2D eigenvalue weighted by Gasteiger charge is 2.18. The number of hydrogen-bond acceptors (Lipinski definition) is 3. The van der Waals surface area contributed by atoms with E-state index in [0.29, 0.717) is 5.69 Å². The predicted octanol–water partition coefficient (Wildman–Crippen LogP) is 3.10. The number of hydrogen-bond donors (Lipinski definition) is 2. The van der Waals surface area contributed by atoms with Crippen molar-refractivity contribution in [2.75, 3.05) is 11.9 Å².